The number of nitrogen functional groups attached to an aromatic ring is 1. The molecule has 0 aliphatic heterocycles. The molecule has 0 aliphatic carbocycles. The number of anilines is 1. The van der Waals surface area contributed by atoms with E-state index in [-0.39, 0.29) is 17.1 Å². The molecule has 0 bridgehead atoms. The van der Waals surface area contributed by atoms with Gasteiger partial charge in [0.25, 0.3) is 0 Å². The van der Waals surface area contributed by atoms with E-state index in [1.54, 1.807) is 0 Å². The van der Waals surface area contributed by atoms with E-state index in [4.69, 9.17) is 17.3 Å². The molecule has 0 spiro atoms. The van der Waals surface area contributed by atoms with E-state index in [1.165, 1.54) is 12.1 Å². The van der Waals surface area contributed by atoms with Crippen molar-refractivity contribution in [3.05, 3.63) is 29.3 Å². The highest BCUT2D eigenvalue weighted by Gasteiger charge is 2.33. The second-order valence-electron chi connectivity index (χ2n) is 2.50. The minimum absolute atomic E-state index is 0.0586. The molecule has 0 atom stereocenters. The molecular formula is C8H7ClF3N. The number of alkyl halides is 4. The zero-order chi connectivity index (χ0) is 10.1. The van der Waals surface area contributed by atoms with Gasteiger partial charge in [-0.25, -0.2) is 0 Å². The van der Waals surface area contributed by atoms with Crippen LogP contribution in [0.25, 0.3) is 0 Å². The van der Waals surface area contributed by atoms with Gasteiger partial charge in [0.2, 0.25) is 0 Å². The highest BCUT2D eigenvalue weighted by molar-refractivity contribution is 6.17. The topological polar surface area (TPSA) is 26.0 Å². The molecule has 0 saturated heterocycles. The van der Waals surface area contributed by atoms with Gasteiger partial charge in [-0.1, -0.05) is 6.07 Å². The van der Waals surface area contributed by atoms with Crippen LogP contribution in [0.5, 0.6) is 0 Å². The van der Waals surface area contributed by atoms with Crippen LogP contribution in [0.3, 0.4) is 0 Å². The van der Waals surface area contributed by atoms with Gasteiger partial charge in [0.1, 0.15) is 0 Å². The second kappa shape index (κ2) is 3.46. The Morgan fingerprint density at radius 2 is 1.92 bits per heavy atom. The molecular weight excluding hydrogens is 203 g/mol. The zero-order valence-electron chi connectivity index (χ0n) is 6.53. The minimum atomic E-state index is -4.39. The van der Waals surface area contributed by atoms with E-state index < -0.39 is 11.7 Å². The average molecular weight is 210 g/mol. The van der Waals surface area contributed by atoms with E-state index in [0.29, 0.717) is 0 Å². The Morgan fingerprint density at radius 1 is 1.31 bits per heavy atom. The van der Waals surface area contributed by atoms with Crippen LogP contribution >= 0.6 is 11.6 Å². The lowest BCUT2D eigenvalue weighted by molar-refractivity contribution is -0.138. The predicted molar refractivity (Wildman–Crippen MR) is 45.4 cm³/mol. The number of hydrogen-bond donors (Lipinski definition) is 1. The van der Waals surface area contributed by atoms with Crippen LogP contribution in [-0.4, -0.2) is 0 Å². The first-order valence-corrected chi connectivity index (χ1v) is 4.00. The highest BCUT2D eigenvalue weighted by Crippen LogP contribution is 2.34. The van der Waals surface area contributed by atoms with Gasteiger partial charge in [0, 0.05) is 11.3 Å². The van der Waals surface area contributed by atoms with Crippen molar-refractivity contribution in [2.24, 2.45) is 0 Å². The summed E-state index contributed by atoms with van der Waals surface area (Å²) in [4.78, 5) is 0. The van der Waals surface area contributed by atoms with Crippen LogP contribution in [0.4, 0.5) is 18.9 Å². The molecule has 5 heteroatoms. The Hall–Kier alpha value is -0.900. The third-order valence-corrected chi connectivity index (χ3v) is 1.92. The zero-order valence-corrected chi connectivity index (χ0v) is 7.28. The summed E-state index contributed by atoms with van der Waals surface area (Å²) >= 11 is 5.36. The fourth-order valence-electron chi connectivity index (χ4n) is 1.02. The number of benzene rings is 1. The summed E-state index contributed by atoms with van der Waals surface area (Å²) in [5, 5.41) is 0. The largest absolute Gasteiger partial charge is 0.416 e. The van der Waals surface area contributed by atoms with Crippen LogP contribution in [-0.2, 0) is 12.1 Å². The van der Waals surface area contributed by atoms with Gasteiger partial charge in [0.05, 0.1) is 11.4 Å². The van der Waals surface area contributed by atoms with Crippen molar-refractivity contribution in [2.45, 2.75) is 12.1 Å². The molecule has 2 N–H and O–H groups in total. The fraction of sp³-hybridized carbons (Fsp3) is 0.250. The first-order chi connectivity index (χ1) is 5.96. The minimum Gasteiger partial charge on any atom is -0.398 e. The normalized spacial score (nSPS) is 11.7. The number of nitrogens with two attached hydrogens (primary N) is 1. The molecule has 1 aromatic rings. The second-order valence-corrected chi connectivity index (χ2v) is 2.77. The van der Waals surface area contributed by atoms with Crippen molar-refractivity contribution in [1.82, 2.24) is 0 Å². The summed E-state index contributed by atoms with van der Waals surface area (Å²) in [6.07, 6.45) is -4.39. The summed E-state index contributed by atoms with van der Waals surface area (Å²) in [7, 11) is 0. The Morgan fingerprint density at radius 3 is 2.31 bits per heavy atom. The summed E-state index contributed by atoms with van der Waals surface area (Å²) < 4.78 is 36.9. The van der Waals surface area contributed by atoms with E-state index in [1.807, 2.05) is 0 Å². The van der Waals surface area contributed by atoms with E-state index in [9.17, 15) is 13.2 Å². The van der Waals surface area contributed by atoms with Crippen molar-refractivity contribution in [1.29, 1.82) is 0 Å². The SMILES string of the molecule is Nc1cccc(C(F)(F)F)c1CCl. The van der Waals surface area contributed by atoms with Crippen LogP contribution in [0.2, 0.25) is 0 Å². The van der Waals surface area contributed by atoms with Crippen molar-refractivity contribution < 1.29 is 13.2 Å². The Bertz CT molecular complexity index is 309. The van der Waals surface area contributed by atoms with Crippen molar-refractivity contribution in [3.8, 4) is 0 Å². The standard InChI is InChI=1S/C8H7ClF3N/c9-4-5-6(8(10,11)12)2-1-3-7(5)13/h1-3H,4,13H2. The molecule has 0 amide bonds. The molecule has 0 radical (unpaired) electrons. The van der Waals surface area contributed by atoms with E-state index in [0.717, 1.165) is 6.07 Å². The maximum Gasteiger partial charge on any atom is 0.416 e. The lowest BCUT2D eigenvalue weighted by Gasteiger charge is -2.12. The van der Waals surface area contributed by atoms with Gasteiger partial charge in [-0.05, 0) is 12.1 Å². The summed E-state index contributed by atoms with van der Waals surface area (Å²) in [6, 6.07) is 3.62. The van der Waals surface area contributed by atoms with Crippen LogP contribution in [0.1, 0.15) is 11.1 Å². The molecule has 0 aromatic heterocycles. The molecule has 0 saturated carbocycles. The van der Waals surface area contributed by atoms with Gasteiger partial charge in [-0.3, -0.25) is 0 Å². The Labute approximate surface area is 78.3 Å². The van der Waals surface area contributed by atoms with Crippen LogP contribution < -0.4 is 5.73 Å². The smallest absolute Gasteiger partial charge is 0.398 e. The lowest BCUT2D eigenvalue weighted by atomic mass is 10.1. The maximum atomic E-state index is 12.3. The monoisotopic (exact) mass is 209 g/mol. The highest BCUT2D eigenvalue weighted by atomic mass is 35.5. The van der Waals surface area contributed by atoms with Gasteiger partial charge in [-0.15, -0.1) is 11.6 Å². The molecule has 72 valence electrons. The third kappa shape index (κ3) is 2.06. The summed E-state index contributed by atoms with van der Waals surface area (Å²) in [5.41, 5.74) is 4.60. The van der Waals surface area contributed by atoms with Crippen molar-refractivity contribution in [2.75, 3.05) is 5.73 Å². The molecule has 1 nitrogen and oxygen atoms in total. The third-order valence-electron chi connectivity index (χ3n) is 1.65. The molecule has 1 aromatic carbocycles. The molecule has 0 heterocycles. The van der Waals surface area contributed by atoms with Gasteiger partial charge in [0.15, 0.2) is 0 Å². The fourth-order valence-corrected chi connectivity index (χ4v) is 1.32. The molecule has 1 rings (SSSR count). The number of hydrogen-bond acceptors (Lipinski definition) is 1. The quantitative estimate of drug-likeness (QED) is 0.558. The summed E-state index contributed by atoms with van der Waals surface area (Å²) in [6.45, 7) is 0. The molecule has 0 fully saturated rings. The van der Waals surface area contributed by atoms with Gasteiger partial charge in [-0.2, -0.15) is 13.2 Å². The summed E-state index contributed by atoms with van der Waals surface area (Å²) in [5.74, 6) is -0.235. The lowest BCUT2D eigenvalue weighted by Crippen LogP contribution is -2.10. The van der Waals surface area contributed by atoms with Crippen molar-refractivity contribution in [3.63, 3.8) is 0 Å². The van der Waals surface area contributed by atoms with E-state index >= 15 is 0 Å². The maximum absolute atomic E-state index is 12.3. The van der Waals surface area contributed by atoms with E-state index in [2.05, 4.69) is 0 Å². The predicted octanol–water partition coefficient (Wildman–Crippen LogP) is 3.03. The number of rotatable bonds is 1. The van der Waals surface area contributed by atoms with Crippen LogP contribution in [0, 0.1) is 0 Å². The van der Waals surface area contributed by atoms with Crippen molar-refractivity contribution >= 4 is 17.3 Å². The Kier molecular flexibility index (Phi) is 2.71. The average Bonchev–Trinajstić information content (AvgIpc) is 2.02. The van der Waals surface area contributed by atoms with Gasteiger partial charge >= 0.3 is 6.18 Å². The van der Waals surface area contributed by atoms with Gasteiger partial charge < -0.3 is 5.73 Å². The molecule has 13 heavy (non-hydrogen) atoms. The first-order valence-electron chi connectivity index (χ1n) is 3.47. The Balaban J connectivity index is 3.29. The molecule has 0 unspecified atom stereocenters. The first kappa shape index (κ1) is 10.2. The molecule has 0 aliphatic rings. The van der Waals surface area contributed by atoms with Crippen LogP contribution in [0.15, 0.2) is 18.2 Å². The number of halogens is 4.